The Morgan fingerprint density at radius 2 is 1.79 bits per heavy atom. The molecule has 1 saturated heterocycles. The first-order valence-electron chi connectivity index (χ1n) is 19.4. The van der Waals surface area contributed by atoms with Crippen molar-refractivity contribution in [2.45, 2.75) is 121 Å². The van der Waals surface area contributed by atoms with Crippen LogP contribution >= 0.6 is 0 Å². The molecule has 6 rings (SSSR count). The van der Waals surface area contributed by atoms with Crippen molar-refractivity contribution in [2.75, 3.05) is 20.3 Å². The smallest absolute Gasteiger partial charge is 0.408 e. The minimum Gasteiger partial charge on any atom is -0.471 e. The van der Waals surface area contributed by atoms with Crippen molar-refractivity contribution in [1.82, 2.24) is 29.6 Å². The first-order valence-corrected chi connectivity index (χ1v) is 21.0. The second-order valence-corrected chi connectivity index (χ2v) is 18.9. The topological polar surface area (TPSA) is 207 Å². The van der Waals surface area contributed by atoms with Crippen LogP contribution in [0.15, 0.2) is 41.2 Å². The number of ether oxygens (including phenoxy) is 2. The van der Waals surface area contributed by atoms with Crippen molar-refractivity contribution in [3.63, 3.8) is 0 Å². The Labute approximate surface area is 327 Å². The van der Waals surface area contributed by atoms with Crippen molar-refractivity contribution in [1.29, 1.82) is 0 Å². The molecule has 4 aliphatic rings. The van der Waals surface area contributed by atoms with Gasteiger partial charge in [-0.05, 0) is 83.3 Å². The van der Waals surface area contributed by atoms with E-state index in [1.165, 1.54) is 16.7 Å². The minimum atomic E-state index is -3.94. The molecule has 306 valence electrons. The van der Waals surface area contributed by atoms with E-state index < -0.39 is 80.2 Å². The number of carbonyl (C=O) groups excluding carboxylic acids is 3. The molecule has 7 atom stereocenters. The molecule has 2 aromatic rings. The van der Waals surface area contributed by atoms with Gasteiger partial charge in [0.15, 0.2) is 0 Å². The van der Waals surface area contributed by atoms with E-state index in [0.717, 1.165) is 4.90 Å². The monoisotopic (exact) mass is 798 g/mol. The number of nitrogens with one attached hydrogen (secondary N) is 2. The lowest BCUT2D eigenvalue weighted by atomic mass is 9.85. The molecule has 1 aromatic carbocycles. The van der Waals surface area contributed by atoms with Crippen molar-refractivity contribution < 1.29 is 42.2 Å². The number of hydrogen-bond donors (Lipinski definition) is 3. The Balaban J connectivity index is 1.41. The summed E-state index contributed by atoms with van der Waals surface area (Å²) in [5.74, 6) is -2.89. The average Bonchev–Trinajstić information content (AvgIpc) is 4.05. The summed E-state index contributed by atoms with van der Waals surface area (Å²) in [6.45, 7) is 9.24. The highest BCUT2D eigenvalue weighted by Crippen LogP contribution is 2.46. The van der Waals surface area contributed by atoms with Crippen LogP contribution in [0.5, 0.6) is 5.88 Å². The Hall–Kier alpha value is -4.51. The molecule has 3 heterocycles. The van der Waals surface area contributed by atoms with Crippen LogP contribution in [0.3, 0.4) is 0 Å². The zero-order valence-electron chi connectivity index (χ0n) is 32.9. The number of carboxylic acid groups (broad SMARTS) is 1. The third-order valence-electron chi connectivity index (χ3n) is 11.4. The zero-order chi connectivity index (χ0) is 40.7. The van der Waals surface area contributed by atoms with Crippen molar-refractivity contribution in [3.8, 4) is 5.88 Å². The second-order valence-electron chi connectivity index (χ2n) is 16.9. The molecule has 0 bridgehead atoms. The molecular formula is C39H54N6O10S. The molecule has 2 aliphatic carbocycles. The summed E-state index contributed by atoms with van der Waals surface area (Å²) in [6.07, 6.45) is 4.48. The number of fused-ring (bicyclic) bond motifs is 3. The number of sulfonamides is 1. The number of hydrogen-bond acceptors (Lipinski definition) is 10. The van der Waals surface area contributed by atoms with E-state index in [1.807, 2.05) is 26.0 Å². The van der Waals surface area contributed by atoms with E-state index in [2.05, 4.69) is 15.1 Å². The summed E-state index contributed by atoms with van der Waals surface area (Å²) >= 11 is 0. The molecule has 56 heavy (non-hydrogen) atoms. The summed E-state index contributed by atoms with van der Waals surface area (Å²) in [7, 11) is -2.44. The molecule has 2 aliphatic heterocycles. The first-order chi connectivity index (χ1) is 26.4. The summed E-state index contributed by atoms with van der Waals surface area (Å²) in [6, 6.07) is 4.38. The van der Waals surface area contributed by atoms with Gasteiger partial charge in [-0.1, -0.05) is 38.1 Å². The van der Waals surface area contributed by atoms with Crippen molar-refractivity contribution >= 4 is 44.6 Å². The maximum absolute atomic E-state index is 15.1. The van der Waals surface area contributed by atoms with E-state index >= 15 is 4.79 Å². The summed E-state index contributed by atoms with van der Waals surface area (Å²) in [5.41, 5.74) is -2.92. The fraction of sp³-hybridized carbons (Fsp3) is 0.641. The fourth-order valence-corrected chi connectivity index (χ4v) is 9.61. The summed E-state index contributed by atoms with van der Waals surface area (Å²) in [5, 5.41) is 18.1. The maximum Gasteiger partial charge on any atom is 0.408 e. The van der Waals surface area contributed by atoms with Gasteiger partial charge in [-0.2, -0.15) is 0 Å². The predicted octanol–water partition coefficient (Wildman–Crippen LogP) is 3.03. The second kappa shape index (κ2) is 15.8. The van der Waals surface area contributed by atoms with Crippen LogP contribution in [0.1, 0.15) is 79.6 Å². The normalized spacial score (nSPS) is 28.7. The van der Waals surface area contributed by atoms with Gasteiger partial charge < -0.3 is 24.8 Å². The Morgan fingerprint density at radius 1 is 1.09 bits per heavy atom. The lowest BCUT2D eigenvalue weighted by molar-refractivity contribution is -0.146. The van der Waals surface area contributed by atoms with Gasteiger partial charge in [0.05, 0.1) is 35.7 Å². The van der Waals surface area contributed by atoms with Crippen LogP contribution in [0.25, 0.3) is 10.8 Å². The number of rotatable bonds is 9. The largest absolute Gasteiger partial charge is 0.471 e. The Bertz CT molecular complexity index is 2060. The van der Waals surface area contributed by atoms with Gasteiger partial charge in [0.1, 0.15) is 23.7 Å². The number of allylic oxidation sites excluding steroid dienone is 1. The van der Waals surface area contributed by atoms with Crippen LogP contribution < -0.4 is 20.3 Å². The average molecular weight is 799 g/mol. The van der Waals surface area contributed by atoms with Crippen LogP contribution in [0.4, 0.5) is 4.79 Å². The Kier molecular flexibility index (Phi) is 11.6. The molecule has 16 nitrogen and oxygen atoms in total. The molecule has 4 amide bonds. The molecule has 0 radical (unpaired) electrons. The SMILES string of the molecule is COCCn1nc(O[C@@H]2C[C@H]3C(=O)N[C@]4(C(=O)NS(=O)(=O)C5CC5)C[C@H]4C=CCC[C@H](C)C[C@@H](C)[C@H](N(C(=O)O)C(C)(C)C)C(=O)N3C2)c2ccccc2c1=O. The third-order valence-corrected chi connectivity index (χ3v) is 13.2. The highest BCUT2D eigenvalue weighted by Gasteiger charge is 2.62. The standard InChI is InChI=1S/C39H54N6O10S/c1-23-11-7-8-12-25-21-39(25,36(49)42-56(52,53)27-15-16-27)40-32(46)30-20-26(22-43(30)35(48)31(24(2)19-23)45(37(50)51)38(3,4)5)55-33-28-13-9-10-14-29(28)34(47)44(41-33)17-18-54-6/h8-10,12-14,23-27,30-31H,7,11,15-22H2,1-6H3,(H,40,46)(H,42,49)(H,50,51)/t23-,24+,25+,26+,30-,31-,39+/m0/s1. The highest BCUT2D eigenvalue weighted by molar-refractivity contribution is 7.91. The van der Waals surface area contributed by atoms with Gasteiger partial charge in [0.25, 0.3) is 11.5 Å². The van der Waals surface area contributed by atoms with E-state index in [-0.39, 0.29) is 49.9 Å². The van der Waals surface area contributed by atoms with E-state index in [1.54, 1.807) is 45.0 Å². The number of amides is 4. The number of aromatic nitrogens is 2. The van der Waals surface area contributed by atoms with Crippen LogP contribution in [0, 0.1) is 17.8 Å². The van der Waals surface area contributed by atoms with Crippen molar-refractivity contribution in [2.24, 2.45) is 17.8 Å². The molecule has 0 spiro atoms. The maximum atomic E-state index is 15.1. The summed E-state index contributed by atoms with van der Waals surface area (Å²) < 4.78 is 40.9. The molecule has 17 heteroatoms. The number of nitrogens with zero attached hydrogens (tertiary/aromatic N) is 4. The molecule has 0 unspecified atom stereocenters. The number of carbonyl (C=O) groups is 4. The van der Waals surface area contributed by atoms with E-state index in [9.17, 15) is 32.7 Å². The Morgan fingerprint density at radius 3 is 2.43 bits per heavy atom. The third kappa shape index (κ3) is 8.43. The number of methoxy groups -OCH3 is 1. The quantitative estimate of drug-likeness (QED) is 0.315. The molecule has 3 fully saturated rings. The van der Waals surface area contributed by atoms with Gasteiger partial charge in [-0.3, -0.25) is 28.8 Å². The zero-order valence-corrected chi connectivity index (χ0v) is 33.7. The van der Waals surface area contributed by atoms with Gasteiger partial charge in [-0.25, -0.2) is 17.9 Å². The molecule has 2 saturated carbocycles. The summed E-state index contributed by atoms with van der Waals surface area (Å²) in [4.78, 5) is 72.2. The van der Waals surface area contributed by atoms with E-state index in [0.29, 0.717) is 42.9 Å². The predicted molar refractivity (Wildman–Crippen MR) is 206 cm³/mol. The molecule has 1 aromatic heterocycles. The fourth-order valence-electron chi connectivity index (χ4n) is 8.24. The van der Waals surface area contributed by atoms with Gasteiger partial charge in [-0.15, -0.1) is 5.10 Å². The van der Waals surface area contributed by atoms with Crippen LogP contribution in [-0.2, 0) is 35.7 Å². The lowest BCUT2D eigenvalue weighted by Gasteiger charge is -2.43. The first kappa shape index (κ1) is 41.1. The molecule has 3 N–H and O–H groups in total. The van der Waals surface area contributed by atoms with Gasteiger partial charge >= 0.3 is 6.09 Å². The van der Waals surface area contributed by atoms with Gasteiger partial charge in [0, 0.05) is 25.0 Å². The van der Waals surface area contributed by atoms with Gasteiger partial charge in [0.2, 0.25) is 27.7 Å². The number of benzene rings is 1. The van der Waals surface area contributed by atoms with Crippen molar-refractivity contribution in [3.05, 3.63) is 46.8 Å². The lowest BCUT2D eigenvalue weighted by Crippen LogP contribution is -2.62. The highest BCUT2D eigenvalue weighted by atomic mass is 32.2. The minimum absolute atomic E-state index is 0.0660. The molecular weight excluding hydrogens is 745 g/mol. The van der Waals surface area contributed by atoms with Crippen LogP contribution in [0.2, 0.25) is 0 Å². The van der Waals surface area contributed by atoms with Crippen LogP contribution in [-0.4, -0.2) is 112 Å². The van der Waals surface area contributed by atoms with E-state index in [4.69, 9.17) is 9.47 Å².